The molecule has 0 spiro atoms. The minimum atomic E-state index is 0. The maximum atomic E-state index is 3.98. The van der Waals surface area contributed by atoms with E-state index >= 15 is 0 Å². The van der Waals surface area contributed by atoms with Crippen molar-refractivity contribution in [1.29, 1.82) is 0 Å². The summed E-state index contributed by atoms with van der Waals surface area (Å²) in [6, 6.07) is 16.3. The number of hydrogen-bond acceptors (Lipinski definition) is 2. The molecule has 4 rings (SSSR count). The van der Waals surface area contributed by atoms with Gasteiger partial charge in [-0.1, -0.05) is 48.5 Å². The zero-order valence-corrected chi connectivity index (χ0v) is 16.0. The highest BCUT2D eigenvalue weighted by Gasteiger charge is 2.24. The summed E-state index contributed by atoms with van der Waals surface area (Å²) < 4.78 is 0. The van der Waals surface area contributed by atoms with Crippen LogP contribution in [0.1, 0.15) is 29.2 Å². The van der Waals surface area contributed by atoms with Crippen molar-refractivity contribution in [3.8, 4) is 11.1 Å². The number of piperazine rings is 1. The van der Waals surface area contributed by atoms with Crippen molar-refractivity contribution >= 4 is 24.8 Å². The Balaban J connectivity index is 0.00000113. The number of rotatable bonds is 4. The lowest BCUT2D eigenvalue weighted by molar-refractivity contribution is 0.174. The zero-order valence-electron chi connectivity index (χ0n) is 14.4. The lowest BCUT2D eigenvalue weighted by Gasteiger charge is -2.35. The van der Waals surface area contributed by atoms with Crippen molar-refractivity contribution in [1.82, 2.24) is 10.2 Å². The van der Waals surface area contributed by atoms with Gasteiger partial charge >= 0.3 is 0 Å². The van der Waals surface area contributed by atoms with Crippen LogP contribution in [0, 0.1) is 0 Å². The van der Waals surface area contributed by atoms with E-state index in [4.69, 9.17) is 0 Å². The van der Waals surface area contributed by atoms with E-state index in [9.17, 15) is 0 Å². The van der Waals surface area contributed by atoms with Crippen molar-refractivity contribution in [2.75, 3.05) is 26.2 Å². The Kier molecular flexibility index (Phi) is 7.09. The average molecular weight is 377 g/mol. The molecule has 0 radical (unpaired) electrons. The van der Waals surface area contributed by atoms with Gasteiger partial charge in [0, 0.05) is 32.2 Å². The molecule has 1 aliphatic carbocycles. The number of halogens is 2. The molecule has 0 amide bonds. The molecule has 1 fully saturated rings. The zero-order chi connectivity index (χ0) is 15.6. The second-order valence-corrected chi connectivity index (χ2v) is 6.58. The largest absolute Gasteiger partial charge is 0.314 e. The van der Waals surface area contributed by atoms with Crippen molar-refractivity contribution < 1.29 is 0 Å². The fourth-order valence-corrected chi connectivity index (χ4v) is 4.02. The molecular formula is C21H26Cl2N2. The predicted molar refractivity (Wildman–Crippen MR) is 111 cm³/mol. The third-order valence-electron chi connectivity index (χ3n) is 5.18. The summed E-state index contributed by atoms with van der Waals surface area (Å²) in [5.41, 5.74) is 7.21. The van der Waals surface area contributed by atoms with Crippen LogP contribution in [0.5, 0.6) is 0 Å². The van der Waals surface area contributed by atoms with Gasteiger partial charge in [-0.15, -0.1) is 31.4 Å². The Labute approximate surface area is 163 Å². The van der Waals surface area contributed by atoms with Crippen LogP contribution in [0.4, 0.5) is 0 Å². The quantitative estimate of drug-likeness (QED) is 0.668. The molecule has 0 unspecified atom stereocenters. The maximum absolute atomic E-state index is 3.98. The van der Waals surface area contributed by atoms with Crippen molar-refractivity contribution in [3.63, 3.8) is 0 Å². The Morgan fingerprint density at radius 2 is 1.72 bits per heavy atom. The highest BCUT2D eigenvalue weighted by molar-refractivity contribution is 5.85. The normalized spacial score (nSPS) is 16.8. The minimum Gasteiger partial charge on any atom is -0.314 e. The van der Waals surface area contributed by atoms with E-state index in [1.807, 2.05) is 0 Å². The lowest BCUT2D eigenvalue weighted by Crippen LogP contribution is -2.45. The molecule has 1 heterocycles. The SMILES string of the molecule is C=CC[C@@H](c1ccc2c(c1)Cc1ccccc1-2)N1CCNCC1.Cl.Cl. The lowest BCUT2D eigenvalue weighted by atomic mass is 9.96. The van der Waals surface area contributed by atoms with Crippen LogP contribution < -0.4 is 5.32 Å². The van der Waals surface area contributed by atoms with Crippen LogP contribution in [-0.4, -0.2) is 31.1 Å². The van der Waals surface area contributed by atoms with Crippen molar-refractivity contribution in [2.24, 2.45) is 0 Å². The van der Waals surface area contributed by atoms with E-state index in [1.54, 1.807) is 0 Å². The van der Waals surface area contributed by atoms with Gasteiger partial charge in [0.05, 0.1) is 0 Å². The molecule has 25 heavy (non-hydrogen) atoms. The van der Waals surface area contributed by atoms with E-state index in [0.29, 0.717) is 6.04 Å². The molecular weight excluding hydrogens is 351 g/mol. The van der Waals surface area contributed by atoms with E-state index in [1.165, 1.54) is 27.8 Å². The first-order chi connectivity index (χ1) is 11.4. The second-order valence-electron chi connectivity index (χ2n) is 6.58. The molecule has 1 N–H and O–H groups in total. The van der Waals surface area contributed by atoms with Gasteiger partial charge in [-0.25, -0.2) is 0 Å². The van der Waals surface area contributed by atoms with Gasteiger partial charge < -0.3 is 5.32 Å². The van der Waals surface area contributed by atoms with Crippen LogP contribution in [0.25, 0.3) is 11.1 Å². The fourth-order valence-electron chi connectivity index (χ4n) is 4.02. The van der Waals surface area contributed by atoms with Gasteiger partial charge in [-0.05, 0) is 40.7 Å². The van der Waals surface area contributed by atoms with Crippen LogP contribution in [-0.2, 0) is 6.42 Å². The Bertz CT molecular complexity index is 724. The van der Waals surface area contributed by atoms with E-state index in [-0.39, 0.29) is 24.8 Å². The van der Waals surface area contributed by atoms with Gasteiger partial charge in [-0.2, -0.15) is 0 Å². The standard InChI is InChI=1S/C21H24N2.2ClH/c1-2-5-21(23-12-10-22-11-13-23)17-8-9-20-18(15-17)14-16-6-3-4-7-19(16)20;;/h2-4,6-9,15,21-22H,1,5,10-14H2;2*1H/t21-;;/m0../s1. The fraction of sp³-hybridized carbons (Fsp3) is 0.333. The first-order valence-electron chi connectivity index (χ1n) is 8.63. The molecule has 0 aromatic heterocycles. The molecule has 0 bridgehead atoms. The predicted octanol–water partition coefficient (Wildman–Crippen LogP) is 4.62. The molecule has 1 aliphatic heterocycles. The first kappa shape index (κ1) is 20.0. The Hall–Kier alpha value is -1.32. The van der Waals surface area contributed by atoms with Crippen LogP contribution in [0.15, 0.2) is 55.1 Å². The number of nitrogens with zero attached hydrogens (tertiary/aromatic N) is 1. The topological polar surface area (TPSA) is 15.3 Å². The minimum absolute atomic E-state index is 0. The summed E-state index contributed by atoms with van der Waals surface area (Å²) in [4.78, 5) is 2.60. The monoisotopic (exact) mass is 376 g/mol. The molecule has 134 valence electrons. The number of hydrogen-bond donors (Lipinski definition) is 1. The van der Waals surface area contributed by atoms with Gasteiger partial charge in [0.15, 0.2) is 0 Å². The van der Waals surface area contributed by atoms with Crippen LogP contribution in [0.3, 0.4) is 0 Å². The molecule has 2 aromatic rings. The highest BCUT2D eigenvalue weighted by Crippen LogP contribution is 2.38. The average Bonchev–Trinajstić information content (AvgIpc) is 2.98. The summed E-state index contributed by atoms with van der Waals surface area (Å²) in [6.45, 7) is 8.40. The molecule has 1 saturated heterocycles. The molecule has 2 nitrogen and oxygen atoms in total. The molecule has 2 aliphatic rings. The maximum Gasteiger partial charge on any atom is 0.0383 e. The summed E-state index contributed by atoms with van der Waals surface area (Å²) in [5.74, 6) is 0. The third kappa shape index (κ3) is 3.93. The Morgan fingerprint density at radius 1 is 1.00 bits per heavy atom. The molecule has 0 saturated carbocycles. The Morgan fingerprint density at radius 3 is 2.48 bits per heavy atom. The summed E-state index contributed by atoms with van der Waals surface area (Å²) >= 11 is 0. The van der Waals surface area contributed by atoms with E-state index in [2.05, 4.69) is 65.3 Å². The summed E-state index contributed by atoms with van der Waals surface area (Å²) in [5, 5.41) is 3.45. The highest BCUT2D eigenvalue weighted by atomic mass is 35.5. The van der Waals surface area contributed by atoms with Crippen molar-refractivity contribution in [2.45, 2.75) is 18.9 Å². The van der Waals surface area contributed by atoms with E-state index < -0.39 is 0 Å². The van der Waals surface area contributed by atoms with Gasteiger partial charge in [0.2, 0.25) is 0 Å². The first-order valence-corrected chi connectivity index (χ1v) is 8.63. The third-order valence-corrected chi connectivity index (χ3v) is 5.18. The molecule has 4 heteroatoms. The van der Waals surface area contributed by atoms with Crippen LogP contribution in [0.2, 0.25) is 0 Å². The summed E-state index contributed by atoms with van der Waals surface area (Å²) in [6.07, 6.45) is 4.15. The smallest absolute Gasteiger partial charge is 0.0383 e. The van der Waals surface area contributed by atoms with Gasteiger partial charge in [0.25, 0.3) is 0 Å². The molecule has 1 atom stereocenters. The second kappa shape index (κ2) is 8.86. The van der Waals surface area contributed by atoms with Crippen molar-refractivity contribution in [3.05, 3.63) is 71.8 Å². The van der Waals surface area contributed by atoms with E-state index in [0.717, 1.165) is 39.0 Å². The van der Waals surface area contributed by atoms with Gasteiger partial charge in [0.1, 0.15) is 0 Å². The number of fused-ring (bicyclic) bond motifs is 3. The van der Waals surface area contributed by atoms with Crippen LogP contribution >= 0.6 is 24.8 Å². The number of benzene rings is 2. The van der Waals surface area contributed by atoms with Gasteiger partial charge in [-0.3, -0.25) is 4.90 Å². The number of nitrogens with one attached hydrogen (secondary N) is 1. The summed E-state index contributed by atoms with van der Waals surface area (Å²) in [7, 11) is 0. The molecule has 2 aromatic carbocycles.